The van der Waals surface area contributed by atoms with Gasteiger partial charge in [-0.1, -0.05) is 58.2 Å². The van der Waals surface area contributed by atoms with Crippen LogP contribution in [0.5, 0.6) is 0 Å². The molecule has 0 atom stereocenters. The summed E-state index contributed by atoms with van der Waals surface area (Å²) in [5.74, 6) is 0.102. The van der Waals surface area contributed by atoms with Gasteiger partial charge in [0.1, 0.15) is 5.82 Å². The normalized spacial score (nSPS) is 14.9. The molecular weight excluding hydrogens is 430 g/mol. The Kier molecular flexibility index (Phi) is 6.04. The van der Waals surface area contributed by atoms with Gasteiger partial charge in [-0.15, -0.1) is 0 Å². The van der Waals surface area contributed by atoms with Gasteiger partial charge in [0.05, 0.1) is 22.2 Å². The van der Waals surface area contributed by atoms with Gasteiger partial charge in [-0.3, -0.25) is 9.69 Å². The molecule has 1 fully saturated rings. The monoisotopic (exact) mass is 448 g/mol. The van der Waals surface area contributed by atoms with Crippen LogP contribution in [0.15, 0.2) is 40.9 Å². The quantitative estimate of drug-likeness (QED) is 0.551. The Labute approximate surface area is 183 Å². The third-order valence-corrected chi connectivity index (χ3v) is 5.64. The molecule has 1 aliphatic rings. The minimum atomic E-state index is -0.663. The molecule has 2 aromatic carbocycles. The van der Waals surface area contributed by atoms with E-state index in [1.54, 1.807) is 4.90 Å². The zero-order chi connectivity index (χ0) is 21.3. The van der Waals surface area contributed by atoms with Gasteiger partial charge < -0.3 is 9.42 Å². The molecule has 6 nitrogen and oxygen atoms in total. The summed E-state index contributed by atoms with van der Waals surface area (Å²) in [6.45, 7) is 4.74. The molecule has 3 aromatic rings. The molecule has 1 saturated heterocycles. The van der Waals surface area contributed by atoms with Gasteiger partial charge in [-0.25, -0.2) is 4.39 Å². The summed E-state index contributed by atoms with van der Waals surface area (Å²) in [5, 5.41) is 4.09. The Morgan fingerprint density at radius 3 is 2.50 bits per heavy atom. The Balaban J connectivity index is 1.36. The van der Waals surface area contributed by atoms with Crippen LogP contribution in [0.2, 0.25) is 10.0 Å². The topological polar surface area (TPSA) is 62.5 Å². The minimum absolute atomic E-state index is 0.106. The second kappa shape index (κ2) is 8.71. The third-order valence-electron chi connectivity index (χ3n) is 5.04. The highest BCUT2D eigenvalue weighted by molar-refractivity contribution is 6.36. The number of rotatable bonds is 4. The Bertz CT molecular complexity index is 1060. The van der Waals surface area contributed by atoms with E-state index in [0.29, 0.717) is 44.4 Å². The van der Waals surface area contributed by atoms with Gasteiger partial charge in [-0.05, 0) is 19.1 Å². The van der Waals surface area contributed by atoms with E-state index < -0.39 is 5.82 Å². The molecule has 0 aliphatic carbocycles. The average molecular weight is 449 g/mol. The molecule has 4 rings (SSSR count). The lowest BCUT2D eigenvalue weighted by molar-refractivity contribution is 0.0615. The number of hydrogen-bond donors (Lipinski definition) is 0. The van der Waals surface area contributed by atoms with Crippen molar-refractivity contribution in [3.63, 3.8) is 0 Å². The largest absolute Gasteiger partial charge is 0.338 e. The highest BCUT2D eigenvalue weighted by Crippen LogP contribution is 2.26. The number of aryl methyl sites for hydroxylation is 1. The first kappa shape index (κ1) is 20.8. The minimum Gasteiger partial charge on any atom is -0.338 e. The number of carbonyl (C=O) groups excluding carboxylic acids is 1. The molecule has 1 amide bonds. The van der Waals surface area contributed by atoms with Crippen molar-refractivity contribution in [3.8, 4) is 11.4 Å². The van der Waals surface area contributed by atoms with Gasteiger partial charge in [0, 0.05) is 31.7 Å². The predicted molar refractivity (Wildman–Crippen MR) is 112 cm³/mol. The number of hydrogen-bond acceptors (Lipinski definition) is 5. The number of amides is 1. The molecule has 0 N–H and O–H groups in total. The summed E-state index contributed by atoms with van der Waals surface area (Å²) in [5.41, 5.74) is 2.18. The van der Waals surface area contributed by atoms with E-state index in [4.69, 9.17) is 27.7 Å². The molecule has 9 heteroatoms. The van der Waals surface area contributed by atoms with Crippen LogP contribution in [-0.4, -0.2) is 52.0 Å². The van der Waals surface area contributed by atoms with Gasteiger partial charge in [0.15, 0.2) is 0 Å². The van der Waals surface area contributed by atoms with Crippen molar-refractivity contribution >= 4 is 29.1 Å². The fourth-order valence-corrected chi connectivity index (χ4v) is 3.76. The maximum atomic E-state index is 13.7. The van der Waals surface area contributed by atoms with E-state index in [9.17, 15) is 9.18 Å². The van der Waals surface area contributed by atoms with Crippen LogP contribution in [0, 0.1) is 12.7 Å². The average Bonchev–Trinajstić information content (AvgIpc) is 3.20. The van der Waals surface area contributed by atoms with E-state index in [-0.39, 0.29) is 21.5 Å². The highest BCUT2D eigenvalue weighted by Gasteiger charge is 2.25. The molecule has 0 spiro atoms. The van der Waals surface area contributed by atoms with E-state index in [0.717, 1.165) is 17.2 Å². The number of nitrogens with zero attached hydrogens (tertiary/aromatic N) is 4. The molecule has 1 aromatic heterocycles. The van der Waals surface area contributed by atoms with Gasteiger partial charge >= 0.3 is 0 Å². The molecule has 0 saturated carbocycles. The van der Waals surface area contributed by atoms with Crippen LogP contribution in [0.3, 0.4) is 0 Å². The molecule has 156 valence electrons. The summed E-state index contributed by atoms with van der Waals surface area (Å²) in [6.07, 6.45) is 0. The van der Waals surface area contributed by atoms with Gasteiger partial charge in [-0.2, -0.15) is 4.98 Å². The fourth-order valence-electron chi connectivity index (χ4n) is 3.30. The standard InChI is InChI=1S/C21H19Cl2FN4O2/c1-13-2-4-14(5-3-13)20-25-19(30-26-20)12-27-6-8-28(9-7-27)21(29)15-10-18(24)17(23)11-16(15)22/h2-5,10-11H,6-9,12H2,1H3. The SMILES string of the molecule is Cc1ccc(-c2noc(CN3CCN(C(=O)c4cc(F)c(Cl)cc4Cl)CC3)n2)cc1. The molecule has 30 heavy (non-hydrogen) atoms. The number of piperazine rings is 1. The summed E-state index contributed by atoms with van der Waals surface area (Å²) in [6, 6.07) is 10.3. The molecular formula is C21H19Cl2FN4O2. The summed E-state index contributed by atoms with van der Waals surface area (Å²) in [4.78, 5) is 20.9. The first-order valence-electron chi connectivity index (χ1n) is 9.46. The van der Waals surface area contributed by atoms with Crippen molar-refractivity contribution in [1.82, 2.24) is 19.9 Å². The van der Waals surface area contributed by atoms with E-state index in [1.165, 1.54) is 6.07 Å². The maximum Gasteiger partial charge on any atom is 0.255 e. The van der Waals surface area contributed by atoms with Crippen LogP contribution in [0.4, 0.5) is 4.39 Å². The van der Waals surface area contributed by atoms with Crippen molar-refractivity contribution in [1.29, 1.82) is 0 Å². The van der Waals surface area contributed by atoms with Crippen LogP contribution in [-0.2, 0) is 6.54 Å². The summed E-state index contributed by atoms with van der Waals surface area (Å²) >= 11 is 11.8. The number of aromatic nitrogens is 2. The smallest absolute Gasteiger partial charge is 0.255 e. The Hall–Kier alpha value is -2.48. The lowest BCUT2D eigenvalue weighted by Crippen LogP contribution is -2.48. The number of carbonyl (C=O) groups is 1. The second-order valence-corrected chi connectivity index (χ2v) is 8.01. The van der Waals surface area contributed by atoms with Crippen molar-refractivity contribution in [2.45, 2.75) is 13.5 Å². The van der Waals surface area contributed by atoms with Crippen molar-refractivity contribution in [3.05, 3.63) is 69.3 Å². The second-order valence-electron chi connectivity index (χ2n) is 7.19. The van der Waals surface area contributed by atoms with Crippen molar-refractivity contribution < 1.29 is 13.7 Å². The Morgan fingerprint density at radius 1 is 1.10 bits per heavy atom. The van der Waals surface area contributed by atoms with Gasteiger partial charge in [0.25, 0.3) is 5.91 Å². The third kappa shape index (κ3) is 4.48. The summed E-state index contributed by atoms with van der Waals surface area (Å²) < 4.78 is 19.1. The predicted octanol–water partition coefficient (Wildman–Crippen LogP) is 4.45. The molecule has 0 bridgehead atoms. The van der Waals surface area contributed by atoms with Crippen LogP contribution >= 0.6 is 23.2 Å². The fraction of sp³-hybridized carbons (Fsp3) is 0.286. The number of halogens is 3. The molecule has 2 heterocycles. The molecule has 0 radical (unpaired) electrons. The lowest BCUT2D eigenvalue weighted by atomic mass is 10.1. The highest BCUT2D eigenvalue weighted by atomic mass is 35.5. The van der Waals surface area contributed by atoms with E-state index in [1.807, 2.05) is 31.2 Å². The first-order chi connectivity index (χ1) is 14.4. The zero-order valence-corrected chi connectivity index (χ0v) is 17.8. The van der Waals surface area contributed by atoms with Crippen LogP contribution in [0.1, 0.15) is 21.8 Å². The van der Waals surface area contributed by atoms with E-state index in [2.05, 4.69) is 15.0 Å². The number of benzene rings is 2. The maximum absolute atomic E-state index is 13.7. The Morgan fingerprint density at radius 2 is 1.80 bits per heavy atom. The summed E-state index contributed by atoms with van der Waals surface area (Å²) in [7, 11) is 0. The zero-order valence-electron chi connectivity index (χ0n) is 16.2. The molecule has 1 aliphatic heterocycles. The molecule has 0 unspecified atom stereocenters. The first-order valence-corrected chi connectivity index (χ1v) is 10.2. The van der Waals surface area contributed by atoms with Gasteiger partial charge in [0.2, 0.25) is 11.7 Å². The van der Waals surface area contributed by atoms with E-state index >= 15 is 0 Å². The van der Waals surface area contributed by atoms with Crippen molar-refractivity contribution in [2.75, 3.05) is 26.2 Å². The van der Waals surface area contributed by atoms with Crippen LogP contribution in [0.25, 0.3) is 11.4 Å². The lowest BCUT2D eigenvalue weighted by Gasteiger charge is -2.34. The van der Waals surface area contributed by atoms with Crippen LogP contribution < -0.4 is 0 Å². The van der Waals surface area contributed by atoms with Crippen molar-refractivity contribution in [2.24, 2.45) is 0 Å².